The van der Waals surface area contributed by atoms with Crippen LogP contribution in [0.25, 0.3) is 0 Å². The molecule has 0 aliphatic rings. The van der Waals surface area contributed by atoms with Gasteiger partial charge in [0, 0.05) is 11.4 Å². The Morgan fingerprint density at radius 1 is 1.00 bits per heavy atom. The molecule has 1 N–H and O–H groups in total. The molecule has 1 atom stereocenters. The highest BCUT2D eigenvalue weighted by Gasteiger charge is 2.20. The Morgan fingerprint density at radius 3 is 2.35 bits per heavy atom. The molecule has 0 spiro atoms. The molecular weight excluding hydrogens is 422 g/mol. The van der Waals surface area contributed by atoms with E-state index in [4.69, 9.17) is 30.5 Å². The maximum Gasteiger partial charge on any atom is 0.307 e. The lowest BCUT2D eigenvalue weighted by atomic mass is 10.0. The molecule has 2 aromatic rings. The van der Waals surface area contributed by atoms with Crippen LogP contribution in [0.5, 0.6) is 17.2 Å². The van der Waals surface area contributed by atoms with E-state index in [1.807, 2.05) is 13.0 Å². The summed E-state index contributed by atoms with van der Waals surface area (Å²) in [7, 11) is 4.38. The van der Waals surface area contributed by atoms with Crippen molar-refractivity contribution in [2.45, 2.75) is 32.2 Å². The number of rotatable bonds is 11. The number of esters is 1. The second-order valence-corrected chi connectivity index (χ2v) is 7.31. The van der Waals surface area contributed by atoms with Gasteiger partial charge in [-0.15, -0.1) is 0 Å². The van der Waals surface area contributed by atoms with Gasteiger partial charge in [-0.3, -0.25) is 9.59 Å². The average molecular weight is 450 g/mol. The molecule has 8 heteroatoms. The largest absolute Gasteiger partial charge is 0.493 e. The molecule has 0 saturated carbocycles. The number of amides is 1. The Labute approximate surface area is 187 Å². The molecule has 2 rings (SSSR count). The van der Waals surface area contributed by atoms with E-state index in [9.17, 15) is 9.59 Å². The van der Waals surface area contributed by atoms with Crippen LogP contribution >= 0.6 is 11.6 Å². The number of benzene rings is 2. The summed E-state index contributed by atoms with van der Waals surface area (Å²) in [6.45, 7) is 2.29. The second kappa shape index (κ2) is 12.1. The molecule has 0 aromatic heterocycles. The number of hydrogen-bond acceptors (Lipinski definition) is 6. The molecule has 0 heterocycles. The first-order valence-electron chi connectivity index (χ1n) is 9.85. The van der Waals surface area contributed by atoms with Gasteiger partial charge in [-0.1, -0.05) is 17.7 Å². The highest BCUT2D eigenvalue weighted by molar-refractivity contribution is 6.30. The van der Waals surface area contributed by atoms with E-state index in [1.165, 1.54) is 14.2 Å². The van der Waals surface area contributed by atoms with Gasteiger partial charge in [0.15, 0.2) is 11.5 Å². The molecule has 0 saturated heterocycles. The second-order valence-electron chi connectivity index (χ2n) is 6.88. The predicted molar refractivity (Wildman–Crippen MR) is 118 cm³/mol. The molecule has 0 radical (unpaired) electrons. The van der Waals surface area contributed by atoms with Crippen LogP contribution in [0.2, 0.25) is 5.02 Å². The number of carbonyl (C=O) groups excluding carboxylic acids is 2. The van der Waals surface area contributed by atoms with Crippen molar-refractivity contribution in [2.24, 2.45) is 0 Å². The molecule has 1 unspecified atom stereocenters. The molecule has 0 bridgehead atoms. The van der Waals surface area contributed by atoms with E-state index < -0.39 is 12.0 Å². The summed E-state index contributed by atoms with van der Waals surface area (Å²) in [6, 6.07) is 10.1. The van der Waals surface area contributed by atoms with E-state index >= 15 is 0 Å². The number of ether oxygens (including phenoxy) is 4. The number of nitrogens with one attached hydrogen (secondary N) is 1. The van der Waals surface area contributed by atoms with Gasteiger partial charge < -0.3 is 24.3 Å². The van der Waals surface area contributed by atoms with E-state index in [2.05, 4.69) is 5.32 Å². The number of halogens is 1. The van der Waals surface area contributed by atoms with Gasteiger partial charge in [0.05, 0.1) is 40.4 Å². The van der Waals surface area contributed by atoms with Gasteiger partial charge in [-0.25, -0.2) is 0 Å². The Bertz CT molecular complexity index is 902. The fourth-order valence-electron chi connectivity index (χ4n) is 3.03. The maximum atomic E-state index is 12.5. The van der Waals surface area contributed by atoms with Crippen molar-refractivity contribution in [3.8, 4) is 17.2 Å². The normalized spacial score (nSPS) is 11.4. The van der Waals surface area contributed by atoms with Gasteiger partial charge in [-0.2, -0.15) is 0 Å². The molecule has 7 nitrogen and oxygen atoms in total. The zero-order valence-electron chi connectivity index (χ0n) is 18.2. The first-order valence-corrected chi connectivity index (χ1v) is 10.2. The molecule has 0 fully saturated rings. The monoisotopic (exact) mass is 449 g/mol. The lowest BCUT2D eigenvalue weighted by Crippen LogP contribution is -2.30. The summed E-state index contributed by atoms with van der Waals surface area (Å²) >= 11 is 5.94. The molecule has 2 aromatic carbocycles. The first kappa shape index (κ1) is 24.3. The average Bonchev–Trinajstić information content (AvgIpc) is 2.76. The van der Waals surface area contributed by atoms with Crippen molar-refractivity contribution in [1.82, 2.24) is 5.32 Å². The number of carbonyl (C=O) groups is 2. The first-order chi connectivity index (χ1) is 14.9. The van der Waals surface area contributed by atoms with Gasteiger partial charge in [0.1, 0.15) is 5.75 Å². The summed E-state index contributed by atoms with van der Waals surface area (Å²) in [5, 5.41) is 3.54. The number of methoxy groups -OCH3 is 3. The van der Waals surface area contributed by atoms with Crippen molar-refractivity contribution < 1.29 is 28.5 Å². The lowest BCUT2D eigenvalue weighted by Gasteiger charge is -2.20. The van der Waals surface area contributed by atoms with Crippen LogP contribution in [-0.4, -0.2) is 39.8 Å². The van der Waals surface area contributed by atoms with Gasteiger partial charge in [-0.05, 0) is 54.8 Å². The predicted octanol–water partition coefficient (Wildman–Crippen LogP) is 4.25. The smallest absolute Gasteiger partial charge is 0.307 e. The van der Waals surface area contributed by atoms with E-state index in [-0.39, 0.29) is 18.7 Å². The highest BCUT2D eigenvalue weighted by Crippen LogP contribution is 2.31. The summed E-state index contributed by atoms with van der Waals surface area (Å²) in [5.41, 5.74) is 1.65. The summed E-state index contributed by atoms with van der Waals surface area (Å²) < 4.78 is 21.1. The van der Waals surface area contributed by atoms with Crippen molar-refractivity contribution >= 4 is 23.5 Å². The molecule has 168 valence electrons. The van der Waals surface area contributed by atoms with Crippen LogP contribution in [0.3, 0.4) is 0 Å². The van der Waals surface area contributed by atoms with Crippen LogP contribution in [0.15, 0.2) is 36.4 Å². The van der Waals surface area contributed by atoms with E-state index in [0.29, 0.717) is 35.1 Å². The molecular formula is C23H28ClNO6. The fraction of sp³-hybridized carbons (Fsp3) is 0.391. The SMILES string of the molecule is COC(=O)CC(NC(=O)CCCOc1ccc(Cl)cc1C)c1ccc(OC)c(OC)c1. The Hall–Kier alpha value is -2.93. The van der Waals surface area contributed by atoms with Crippen LogP contribution in [0, 0.1) is 6.92 Å². The van der Waals surface area contributed by atoms with Crippen molar-refractivity contribution in [3.63, 3.8) is 0 Å². The minimum absolute atomic E-state index is 0.00179. The fourth-order valence-corrected chi connectivity index (χ4v) is 3.25. The van der Waals surface area contributed by atoms with Crippen molar-refractivity contribution in [1.29, 1.82) is 0 Å². The van der Waals surface area contributed by atoms with Crippen LogP contribution < -0.4 is 19.5 Å². The standard InChI is InChI=1S/C23H28ClNO6/c1-15-12-17(24)8-10-19(15)31-11-5-6-22(26)25-18(14-23(27)30-4)16-7-9-20(28-2)21(13-16)29-3/h7-10,12-13,18H,5-6,11,14H2,1-4H3,(H,25,26). The van der Waals surface area contributed by atoms with Crippen molar-refractivity contribution in [2.75, 3.05) is 27.9 Å². The summed E-state index contributed by atoms with van der Waals surface area (Å²) in [5.74, 6) is 1.18. The Kier molecular flexibility index (Phi) is 9.46. The van der Waals surface area contributed by atoms with E-state index in [1.54, 1.807) is 37.4 Å². The lowest BCUT2D eigenvalue weighted by molar-refractivity contribution is -0.141. The minimum Gasteiger partial charge on any atom is -0.493 e. The van der Waals surface area contributed by atoms with Gasteiger partial charge in [0.25, 0.3) is 0 Å². The third-order valence-electron chi connectivity index (χ3n) is 4.69. The minimum atomic E-state index is -0.556. The summed E-state index contributed by atoms with van der Waals surface area (Å²) in [4.78, 5) is 24.4. The molecule has 0 aliphatic heterocycles. The Balaban J connectivity index is 1.97. The topological polar surface area (TPSA) is 83.1 Å². The molecule has 31 heavy (non-hydrogen) atoms. The summed E-state index contributed by atoms with van der Waals surface area (Å²) in [6.07, 6.45) is 0.764. The van der Waals surface area contributed by atoms with Gasteiger partial charge in [0.2, 0.25) is 5.91 Å². The molecule has 0 aliphatic carbocycles. The number of hydrogen-bond donors (Lipinski definition) is 1. The third kappa shape index (κ3) is 7.36. The van der Waals surface area contributed by atoms with Crippen LogP contribution in [0.1, 0.15) is 36.4 Å². The van der Waals surface area contributed by atoms with Crippen LogP contribution in [-0.2, 0) is 14.3 Å². The van der Waals surface area contributed by atoms with E-state index in [0.717, 1.165) is 11.3 Å². The molecule has 1 amide bonds. The van der Waals surface area contributed by atoms with Gasteiger partial charge >= 0.3 is 5.97 Å². The quantitative estimate of drug-likeness (QED) is 0.408. The Morgan fingerprint density at radius 2 is 1.71 bits per heavy atom. The zero-order valence-corrected chi connectivity index (χ0v) is 19.0. The maximum absolute atomic E-state index is 12.5. The zero-order chi connectivity index (χ0) is 22.8. The number of aryl methyl sites for hydroxylation is 1. The third-order valence-corrected chi connectivity index (χ3v) is 4.92. The van der Waals surface area contributed by atoms with Crippen molar-refractivity contribution in [3.05, 3.63) is 52.5 Å². The highest BCUT2D eigenvalue weighted by atomic mass is 35.5. The van der Waals surface area contributed by atoms with Crippen LogP contribution in [0.4, 0.5) is 0 Å².